The van der Waals surface area contributed by atoms with Gasteiger partial charge in [0.05, 0.1) is 6.61 Å². The monoisotopic (exact) mass is 195 g/mol. The summed E-state index contributed by atoms with van der Waals surface area (Å²) in [4.78, 5) is 20.7. The van der Waals surface area contributed by atoms with Crippen LogP contribution in [0.4, 0.5) is 0 Å². The second kappa shape index (κ2) is 4.66. The maximum Gasteiger partial charge on any atom is 0.291 e. The van der Waals surface area contributed by atoms with Gasteiger partial charge in [-0.25, -0.2) is 9.97 Å². The number of carbonyl (C=O) groups is 1. The molecule has 1 aromatic heterocycles. The number of hydrogen-bond donors (Lipinski definition) is 1. The Morgan fingerprint density at radius 1 is 1.50 bits per heavy atom. The van der Waals surface area contributed by atoms with E-state index in [1.807, 2.05) is 6.92 Å². The van der Waals surface area contributed by atoms with Crippen molar-refractivity contribution in [2.24, 2.45) is 0 Å². The molecule has 0 radical (unpaired) electrons. The fraction of sp³-hybridized carbons (Fsp3) is 0.444. The van der Waals surface area contributed by atoms with Gasteiger partial charge in [-0.05, 0) is 12.5 Å². The van der Waals surface area contributed by atoms with Crippen molar-refractivity contribution in [2.45, 2.75) is 6.92 Å². The van der Waals surface area contributed by atoms with Gasteiger partial charge in [0.15, 0.2) is 0 Å². The maximum absolute atomic E-state index is 11.5. The van der Waals surface area contributed by atoms with Crippen LogP contribution in [0.15, 0.2) is 12.4 Å². The van der Waals surface area contributed by atoms with Gasteiger partial charge in [-0.2, -0.15) is 0 Å². The van der Waals surface area contributed by atoms with Gasteiger partial charge < -0.3 is 10.0 Å². The second-order valence-electron chi connectivity index (χ2n) is 3.03. The SMILES string of the molecule is Cc1cnc(C(=O)N(C)CCO)nc1. The molecule has 1 rings (SSSR count). The van der Waals surface area contributed by atoms with E-state index in [1.54, 1.807) is 19.4 Å². The van der Waals surface area contributed by atoms with Crippen molar-refractivity contribution in [3.63, 3.8) is 0 Å². The standard InChI is InChI=1S/C9H13N3O2/c1-7-5-10-8(11-6-7)9(14)12(2)3-4-13/h5-6,13H,3-4H2,1-2H3. The first-order valence-corrected chi connectivity index (χ1v) is 4.30. The third-order valence-electron chi connectivity index (χ3n) is 1.75. The second-order valence-corrected chi connectivity index (χ2v) is 3.03. The highest BCUT2D eigenvalue weighted by atomic mass is 16.3. The number of nitrogens with zero attached hydrogens (tertiary/aromatic N) is 3. The minimum absolute atomic E-state index is 0.0614. The molecule has 0 aromatic carbocycles. The van der Waals surface area contributed by atoms with Gasteiger partial charge in [-0.1, -0.05) is 0 Å². The van der Waals surface area contributed by atoms with Crippen molar-refractivity contribution in [1.29, 1.82) is 0 Å². The van der Waals surface area contributed by atoms with Crippen LogP contribution in [0.3, 0.4) is 0 Å². The van der Waals surface area contributed by atoms with Crippen LogP contribution in [0.2, 0.25) is 0 Å². The number of carbonyl (C=O) groups excluding carboxylic acids is 1. The van der Waals surface area contributed by atoms with Crippen molar-refractivity contribution in [3.05, 3.63) is 23.8 Å². The molecular formula is C9H13N3O2. The lowest BCUT2D eigenvalue weighted by atomic mass is 10.4. The number of aliphatic hydroxyl groups is 1. The molecule has 1 N–H and O–H groups in total. The average Bonchev–Trinajstić information content (AvgIpc) is 2.18. The van der Waals surface area contributed by atoms with E-state index in [0.29, 0.717) is 0 Å². The van der Waals surface area contributed by atoms with E-state index in [9.17, 15) is 4.79 Å². The quantitative estimate of drug-likeness (QED) is 0.728. The van der Waals surface area contributed by atoms with Crippen LogP contribution < -0.4 is 0 Å². The summed E-state index contributed by atoms with van der Waals surface area (Å²) in [6.07, 6.45) is 3.18. The van der Waals surface area contributed by atoms with Crippen LogP contribution >= 0.6 is 0 Å². The van der Waals surface area contributed by atoms with Gasteiger partial charge in [0.2, 0.25) is 5.82 Å². The zero-order chi connectivity index (χ0) is 10.6. The first-order valence-electron chi connectivity index (χ1n) is 4.30. The summed E-state index contributed by atoms with van der Waals surface area (Å²) < 4.78 is 0. The van der Waals surface area contributed by atoms with Crippen LogP contribution in [0.25, 0.3) is 0 Å². The Bertz CT molecular complexity index is 310. The number of aromatic nitrogens is 2. The van der Waals surface area contributed by atoms with Gasteiger partial charge in [0.1, 0.15) is 0 Å². The summed E-state index contributed by atoms with van der Waals surface area (Å²) in [5.41, 5.74) is 0.909. The average molecular weight is 195 g/mol. The summed E-state index contributed by atoms with van der Waals surface area (Å²) in [5, 5.41) is 8.64. The Balaban J connectivity index is 2.74. The van der Waals surface area contributed by atoms with Gasteiger partial charge in [-0.3, -0.25) is 4.79 Å². The van der Waals surface area contributed by atoms with E-state index in [-0.39, 0.29) is 24.9 Å². The normalized spacial score (nSPS) is 9.93. The molecule has 5 heteroatoms. The fourth-order valence-electron chi connectivity index (χ4n) is 0.925. The lowest BCUT2D eigenvalue weighted by Gasteiger charge is -2.13. The molecule has 1 aromatic rings. The van der Waals surface area contributed by atoms with Gasteiger partial charge >= 0.3 is 0 Å². The first kappa shape index (κ1) is 10.6. The Hall–Kier alpha value is -1.49. The topological polar surface area (TPSA) is 66.3 Å². The lowest BCUT2D eigenvalue weighted by Crippen LogP contribution is -2.30. The smallest absolute Gasteiger partial charge is 0.291 e. The van der Waals surface area contributed by atoms with Crippen molar-refractivity contribution in [2.75, 3.05) is 20.2 Å². The van der Waals surface area contributed by atoms with E-state index in [1.165, 1.54) is 4.90 Å². The molecule has 0 saturated carbocycles. The summed E-state index contributed by atoms with van der Waals surface area (Å²) in [6, 6.07) is 0. The zero-order valence-corrected chi connectivity index (χ0v) is 8.27. The van der Waals surface area contributed by atoms with E-state index in [2.05, 4.69) is 9.97 Å². The van der Waals surface area contributed by atoms with Crippen LogP contribution in [-0.4, -0.2) is 46.1 Å². The van der Waals surface area contributed by atoms with Gasteiger partial charge in [-0.15, -0.1) is 0 Å². The maximum atomic E-state index is 11.5. The first-order chi connectivity index (χ1) is 6.65. The van der Waals surface area contributed by atoms with E-state index < -0.39 is 0 Å². The van der Waals surface area contributed by atoms with Crippen molar-refractivity contribution in [3.8, 4) is 0 Å². The molecule has 0 fully saturated rings. The molecule has 5 nitrogen and oxygen atoms in total. The molecule has 0 saturated heterocycles. The number of amides is 1. The summed E-state index contributed by atoms with van der Waals surface area (Å²) in [6.45, 7) is 2.08. The third kappa shape index (κ3) is 2.50. The fourth-order valence-corrected chi connectivity index (χ4v) is 0.925. The molecule has 0 aliphatic carbocycles. The minimum atomic E-state index is -0.279. The molecular weight excluding hydrogens is 182 g/mol. The molecule has 0 unspecified atom stereocenters. The number of aliphatic hydroxyl groups excluding tert-OH is 1. The molecule has 0 aliphatic heterocycles. The number of hydrogen-bond acceptors (Lipinski definition) is 4. The predicted octanol–water partition coefficient (Wildman–Crippen LogP) is -0.151. The van der Waals surface area contributed by atoms with Crippen molar-refractivity contribution < 1.29 is 9.90 Å². The number of likely N-dealkylation sites (N-methyl/N-ethyl adjacent to an activating group) is 1. The summed E-state index contributed by atoms with van der Waals surface area (Å²) >= 11 is 0. The molecule has 1 amide bonds. The van der Waals surface area contributed by atoms with Crippen LogP contribution in [0, 0.1) is 6.92 Å². The highest BCUT2D eigenvalue weighted by Crippen LogP contribution is 1.97. The Labute approximate surface area is 82.4 Å². The number of aryl methyl sites for hydroxylation is 1. The largest absolute Gasteiger partial charge is 0.395 e. The molecule has 0 aliphatic rings. The number of rotatable bonds is 3. The van der Waals surface area contributed by atoms with Crippen molar-refractivity contribution in [1.82, 2.24) is 14.9 Å². The molecule has 1 heterocycles. The van der Waals surface area contributed by atoms with Crippen molar-refractivity contribution >= 4 is 5.91 Å². The molecule has 0 spiro atoms. The van der Waals surface area contributed by atoms with Crippen LogP contribution in [0.1, 0.15) is 16.2 Å². The van der Waals surface area contributed by atoms with E-state index >= 15 is 0 Å². The Morgan fingerprint density at radius 2 is 2.07 bits per heavy atom. The molecule has 76 valence electrons. The highest BCUT2D eigenvalue weighted by molar-refractivity contribution is 5.90. The Kier molecular flexibility index (Phi) is 3.53. The zero-order valence-electron chi connectivity index (χ0n) is 8.27. The van der Waals surface area contributed by atoms with Gasteiger partial charge in [0.25, 0.3) is 5.91 Å². The third-order valence-corrected chi connectivity index (χ3v) is 1.75. The van der Waals surface area contributed by atoms with E-state index in [0.717, 1.165) is 5.56 Å². The minimum Gasteiger partial charge on any atom is -0.395 e. The molecule has 14 heavy (non-hydrogen) atoms. The van der Waals surface area contributed by atoms with Crippen LogP contribution in [0.5, 0.6) is 0 Å². The van der Waals surface area contributed by atoms with E-state index in [4.69, 9.17) is 5.11 Å². The summed E-state index contributed by atoms with van der Waals surface area (Å²) in [5.74, 6) is -0.120. The lowest BCUT2D eigenvalue weighted by molar-refractivity contribution is 0.0755. The molecule has 0 bridgehead atoms. The van der Waals surface area contributed by atoms with Crippen LogP contribution in [-0.2, 0) is 0 Å². The molecule has 0 atom stereocenters. The Morgan fingerprint density at radius 3 is 2.57 bits per heavy atom. The summed E-state index contributed by atoms with van der Waals surface area (Å²) in [7, 11) is 1.60. The highest BCUT2D eigenvalue weighted by Gasteiger charge is 2.13. The van der Waals surface area contributed by atoms with Gasteiger partial charge in [0, 0.05) is 26.0 Å². The predicted molar refractivity (Wildman–Crippen MR) is 50.8 cm³/mol.